The highest BCUT2D eigenvalue weighted by atomic mass is 16.5. The third kappa shape index (κ3) is 2.94. The Labute approximate surface area is 118 Å². The molecule has 6 heteroatoms. The van der Waals surface area contributed by atoms with Crippen LogP contribution < -0.4 is 0 Å². The number of carbonyl (C=O) groups is 3. The minimum atomic E-state index is -0.830. The van der Waals surface area contributed by atoms with Crippen LogP contribution in [0.15, 0.2) is 0 Å². The van der Waals surface area contributed by atoms with Gasteiger partial charge in [-0.1, -0.05) is 0 Å². The van der Waals surface area contributed by atoms with Crippen molar-refractivity contribution < 1.29 is 24.2 Å². The summed E-state index contributed by atoms with van der Waals surface area (Å²) in [5, 5.41) is 8.99. The summed E-state index contributed by atoms with van der Waals surface area (Å²) in [6.45, 7) is 2.62. The van der Waals surface area contributed by atoms with Gasteiger partial charge < -0.3 is 14.7 Å². The number of carboxylic acid groups (broad SMARTS) is 1. The molecule has 0 bridgehead atoms. The van der Waals surface area contributed by atoms with Gasteiger partial charge in [-0.2, -0.15) is 0 Å². The monoisotopic (exact) mass is 283 g/mol. The average molecular weight is 283 g/mol. The van der Waals surface area contributed by atoms with E-state index in [2.05, 4.69) is 0 Å². The Bertz CT molecular complexity index is 408. The van der Waals surface area contributed by atoms with Gasteiger partial charge in [0.25, 0.3) is 0 Å². The molecule has 1 heterocycles. The molecule has 0 aromatic heterocycles. The van der Waals surface area contributed by atoms with Crippen LogP contribution in [0.4, 0.5) is 0 Å². The fraction of sp³-hybridized carbons (Fsp3) is 0.786. The Morgan fingerprint density at radius 3 is 2.50 bits per heavy atom. The van der Waals surface area contributed by atoms with Crippen LogP contribution >= 0.6 is 0 Å². The van der Waals surface area contributed by atoms with Crippen LogP contribution in [0.1, 0.15) is 39.0 Å². The molecule has 1 amide bonds. The molecule has 0 aromatic carbocycles. The van der Waals surface area contributed by atoms with E-state index in [4.69, 9.17) is 9.84 Å². The Kier molecular flexibility index (Phi) is 4.62. The second-order valence-corrected chi connectivity index (χ2v) is 5.49. The van der Waals surface area contributed by atoms with E-state index in [-0.39, 0.29) is 17.8 Å². The number of carboxylic acids is 1. The summed E-state index contributed by atoms with van der Waals surface area (Å²) in [5.74, 6) is -1.93. The zero-order valence-electron chi connectivity index (χ0n) is 11.7. The van der Waals surface area contributed by atoms with E-state index in [9.17, 15) is 14.4 Å². The van der Waals surface area contributed by atoms with E-state index < -0.39 is 17.9 Å². The molecule has 2 fully saturated rings. The minimum absolute atomic E-state index is 0.0793. The summed E-state index contributed by atoms with van der Waals surface area (Å²) in [6, 6.07) is -0.480. The summed E-state index contributed by atoms with van der Waals surface area (Å²) in [5.41, 5.74) is 0. The van der Waals surface area contributed by atoms with Gasteiger partial charge in [0.05, 0.1) is 12.5 Å². The molecule has 0 radical (unpaired) electrons. The number of ether oxygens (including phenoxy) is 1. The Morgan fingerprint density at radius 1 is 1.20 bits per heavy atom. The standard InChI is InChI=1S/C14H21NO5/c1-2-20-14(19)11-4-3-7-15(11)12(16)9-5-6-10(8-9)13(17)18/h9-11H,2-8H2,1H3,(H,17,18)/t9-,10+,11?/m1/s1. The van der Waals surface area contributed by atoms with E-state index in [0.29, 0.717) is 38.8 Å². The minimum Gasteiger partial charge on any atom is -0.481 e. The fourth-order valence-electron chi connectivity index (χ4n) is 3.18. The highest BCUT2D eigenvalue weighted by Crippen LogP contribution is 2.34. The van der Waals surface area contributed by atoms with Gasteiger partial charge in [-0.25, -0.2) is 4.79 Å². The zero-order chi connectivity index (χ0) is 14.7. The molecule has 0 spiro atoms. The lowest BCUT2D eigenvalue weighted by Crippen LogP contribution is -2.44. The molecule has 1 saturated heterocycles. The summed E-state index contributed by atoms with van der Waals surface area (Å²) in [4.78, 5) is 36.8. The second-order valence-electron chi connectivity index (χ2n) is 5.49. The molecule has 0 aromatic rings. The number of amides is 1. The quantitative estimate of drug-likeness (QED) is 0.779. The van der Waals surface area contributed by atoms with Gasteiger partial charge in [0.1, 0.15) is 6.04 Å². The van der Waals surface area contributed by atoms with Crippen molar-refractivity contribution in [2.45, 2.75) is 45.1 Å². The number of nitrogens with zero attached hydrogens (tertiary/aromatic N) is 1. The van der Waals surface area contributed by atoms with Crippen LogP contribution in [0.3, 0.4) is 0 Å². The molecular weight excluding hydrogens is 262 g/mol. The van der Waals surface area contributed by atoms with Gasteiger partial charge >= 0.3 is 11.9 Å². The van der Waals surface area contributed by atoms with Gasteiger partial charge in [-0.05, 0) is 39.0 Å². The predicted octanol–water partition coefficient (Wildman–Crippen LogP) is 1.04. The van der Waals surface area contributed by atoms with Crippen molar-refractivity contribution in [3.8, 4) is 0 Å². The molecule has 3 atom stereocenters. The molecule has 2 aliphatic rings. The molecule has 112 valence electrons. The number of esters is 1. The van der Waals surface area contributed by atoms with Crippen LogP contribution in [0.2, 0.25) is 0 Å². The Morgan fingerprint density at radius 2 is 1.90 bits per heavy atom. The van der Waals surface area contributed by atoms with E-state index in [1.165, 1.54) is 0 Å². The fourth-order valence-corrected chi connectivity index (χ4v) is 3.18. The zero-order valence-corrected chi connectivity index (χ0v) is 11.7. The van der Waals surface area contributed by atoms with Gasteiger partial charge in [0, 0.05) is 12.5 Å². The molecule has 1 unspecified atom stereocenters. The van der Waals surface area contributed by atoms with Crippen LogP contribution in [0.25, 0.3) is 0 Å². The number of rotatable bonds is 4. The molecule has 1 N–H and O–H groups in total. The molecular formula is C14H21NO5. The molecule has 6 nitrogen and oxygen atoms in total. The summed E-state index contributed by atoms with van der Waals surface area (Å²) < 4.78 is 5.00. The van der Waals surface area contributed by atoms with Crippen molar-refractivity contribution in [3.63, 3.8) is 0 Å². The van der Waals surface area contributed by atoms with Crippen LogP contribution in [-0.2, 0) is 19.1 Å². The lowest BCUT2D eigenvalue weighted by atomic mass is 10.0. The van der Waals surface area contributed by atoms with Crippen molar-refractivity contribution in [1.82, 2.24) is 4.90 Å². The van der Waals surface area contributed by atoms with E-state index in [1.54, 1.807) is 11.8 Å². The third-order valence-electron chi connectivity index (χ3n) is 4.23. The maximum absolute atomic E-state index is 12.5. The number of hydrogen-bond donors (Lipinski definition) is 1. The molecule has 1 aliphatic carbocycles. The van der Waals surface area contributed by atoms with Crippen molar-refractivity contribution in [2.24, 2.45) is 11.8 Å². The van der Waals surface area contributed by atoms with Gasteiger partial charge in [0.2, 0.25) is 5.91 Å². The maximum atomic E-state index is 12.5. The molecule has 2 rings (SSSR count). The van der Waals surface area contributed by atoms with Crippen molar-refractivity contribution in [1.29, 1.82) is 0 Å². The first-order valence-electron chi connectivity index (χ1n) is 7.24. The first-order valence-corrected chi connectivity index (χ1v) is 7.24. The van der Waals surface area contributed by atoms with E-state index in [0.717, 1.165) is 6.42 Å². The largest absolute Gasteiger partial charge is 0.481 e. The van der Waals surface area contributed by atoms with Gasteiger partial charge in [0.15, 0.2) is 0 Å². The normalized spacial score (nSPS) is 29.4. The second kappa shape index (κ2) is 6.24. The number of likely N-dealkylation sites (tertiary alicyclic amines) is 1. The van der Waals surface area contributed by atoms with Crippen molar-refractivity contribution >= 4 is 17.8 Å². The lowest BCUT2D eigenvalue weighted by molar-refractivity contribution is -0.154. The Hall–Kier alpha value is -1.59. The highest BCUT2D eigenvalue weighted by Gasteiger charge is 2.41. The average Bonchev–Trinajstić information content (AvgIpc) is 3.07. The summed E-state index contributed by atoms with van der Waals surface area (Å²) in [6.07, 6.45) is 2.97. The van der Waals surface area contributed by atoms with Crippen molar-refractivity contribution in [3.05, 3.63) is 0 Å². The van der Waals surface area contributed by atoms with Gasteiger partial charge in [-0.15, -0.1) is 0 Å². The Balaban J connectivity index is 1.98. The maximum Gasteiger partial charge on any atom is 0.328 e. The van der Waals surface area contributed by atoms with Crippen LogP contribution in [0.5, 0.6) is 0 Å². The van der Waals surface area contributed by atoms with E-state index in [1.807, 2.05) is 0 Å². The molecule has 1 aliphatic heterocycles. The van der Waals surface area contributed by atoms with E-state index >= 15 is 0 Å². The first kappa shape index (κ1) is 14.8. The number of aliphatic carboxylic acids is 1. The van der Waals surface area contributed by atoms with Crippen LogP contribution in [0, 0.1) is 11.8 Å². The van der Waals surface area contributed by atoms with Crippen LogP contribution in [-0.4, -0.2) is 47.0 Å². The topological polar surface area (TPSA) is 83.9 Å². The SMILES string of the molecule is CCOC(=O)C1CCCN1C(=O)[C@@H]1CC[C@H](C(=O)O)C1. The van der Waals surface area contributed by atoms with Crippen molar-refractivity contribution in [2.75, 3.05) is 13.2 Å². The predicted molar refractivity (Wildman–Crippen MR) is 69.8 cm³/mol. The lowest BCUT2D eigenvalue weighted by Gasteiger charge is -2.25. The third-order valence-corrected chi connectivity index (χ3v) is 4.23. The number of hydrogen-bond acceptors (Lipinski definition) is 4. The molecule has 1 saturated carbocycles. The highest BCUT2D eigenvalue weighted by molar-refractivity contribution is 5.87. The number of carbonyl (C=O) groups excluding carboxylic acids is 2. The summed E-state index contributed by atoms with van der Waals surface area (Å²) in [7, 11) is 0. The smallest absolute Gasteiger partial charge is 0.328 e. The summed E-state index contributed by atoms with van der Waals surface area (Å²) >= 11 is 0. The van der Waals surface area contributed by atoms with Gasteiger partial charge in [-0.3, -0.25) is 9.59 Å². The molecule has 20 heavy (non-hydrogen) atoms. The first-order chi connectivity index (χ1) is 9.54.